The van der Waals surface area contributed by atoms with Crippen molar-refractivity contribution >= 4 is 23.2 Å². The van der Waals surface area contributed by atoms with Gasteiger partial charge in [-0.15, -0.1) is 11.3 Å². The van der Waals surface area contributed by atoms with Crippen molar-refractivity contribution in [3.8, 4) is 0 Å². The summed E-state index contributed by atoms with van der Waals surface area (Å²) in [7, 11) is 0. The number of carbonyl (C=O) groups excluding carboxylic acids is 2. The number of nitrogens with zero attached hydrogens (tertiary/aromatic N) is 3. The zero-order valence-corrected chi connectivity index (χ0v) is 17.4. The summed E-state index contributed by atoms with van der Waals surface area (Å²) in [6, 6.07) is 0. The molecule has 27 heavy (non-hydrogen) atoms. The Morgan fingerprint density at radius 1 is 1.26 bits per heavy atom. The first kappa shape index (κ1) is 18.9. The lowest BCUT2D eigenvalue weighted by Crippen LogP contribution is -2.46. The van der Waals surface area contributed by atoms with Crippen LogP contribution in [0.2, 0.25) is 0 Å². The molecule has 0 unspecified atom stereocenters. The lowest BCUT2D eigenvalue weighted by Gasteiger charge is -2.40. The maximum absolute atomic E-state index is 12.9. The van der Waals surface area contributed by atoms with Crippen molar-refractivity contribution < 1.29 is 9.59 Å². The van der Waals surface area contributed by atoms with Gasteiger partial charge in [0.1, 0.15) is 0 Å². The van der Waals surface area contributed by atoms with Gasteiger partial charge >= 0.3 is 0 Å². The predicted molar refractivity (Wildman–Crippen MR) is 106 cm³/mol. The molecular formula is C21H31N3O2S. The fourth-order valence-electron chi connectivity index (χ4n) is 5.10. The summed E-state index contributed by atoms with van der Waals surface area (Å²) < 4.78 is 0. The highest BCUT2D eigenvalue weighted by molar-refractivity contribution is 7.09. The van der Waals surface area contributed by atoms with E-state index in [0.29, 0.717) is 18.9 Å². The minimum atomic E-state index is 0.0695. The molecule has 0 radical (unpaired) electrons. The minimum absolute atomic E-state index is 0.0695. The van der Waals surface area contributed by atoms with Crippen molar-refractivity contribution in [3.05, 3.63) is 16.1 Å². The van der Waals surface area contributed by atoms with Gasteiger partial charge in [-0.25, -0.2) is 4.98 Å². The Morgan fingerprint density at radius 3 is 2.59 bits per heavy atom. The van der Waals surface area contributed by atoms with E-state index >= 15 is 0 Å². The van der Waals surface area contributed by atoms with Crippen LogP contribution in [-0.4, -0.2) is 46.2 Å². The summed E-state index contributed by atoms with van der Waals surface area (Å²) in [5.41, 5.74) is 1.07. The van der Waals surface area contributed by atoms with Gasteiger partial charge in [-0.2, -0.15) is 0 Å². The van der Waals surface area contributed by atoms with Crippen molar-refractivity contribution in [2.45, 2.75) is 65.3 Å². The van der Waals surface area contributed by atoms with E-state index in [9.17, 15) is 9.59 Å². The molecule has 5 nitrogen and oxygen atoms in total. The summed E-state index contributed by atoms with van der Waals surface area (Å²) in [4.78, 5) is 34.0. The molecule has 0 bridgehead atoms. The molecule has 1 aliphatic carbocycles. The predicted octanol–water partition coefficient (Wildman–Crippen LogP) is 3.62. The van der Waals surface area contributed by atoms with Crippen molar-refractivity contribution in [2.24, 2.45) is 17.3 Å². The van der Waals surface area contributed by atoms with E-state index in [1.54, 1.807) is 11.3 Å². The van der Waals surface area contributed by atoms with E-state index in [-0.39, 0.29) is 17.2 Å². The number of aryl methyl sites for hydroxylation is 1. The number of hydrogen-bond acceptors (Lipinski definition) is 4. The first-order valence-corrected chi connectivity index (χ1v) is 11.3. The summed E-state index contributed by atoms with van der Waals surface area (Å²) in [5, 5.41) is 3.11. The van der Waals surface area contributed by atoms with E-state index < -0.39 is 0 Å². The van der Waals surface area contributed by atoms with Crippen LogP contribution in [0.15, 0.2) is 5.38 Å². The number of carbonyl (C=O) groups is 2. The van der Waals surface area contributed by atoms with Gasteiger partial charge in [0.05, 0.1) is 17.2 Å². The number of rotatable bonds is 3. The normalized spacial score (nSPS) is 28.1. The van der Waals surface area contributed by atoms with E-state index in [4.69, 9.17) is 0 Å². The highest BCUT2D eigenvalue weighted by Gasteiger charge is 2.46. The van der Waals surface area contributed by atoms with Gasteiger partial charge in [0.2, 0.25) is 11.8 Å². The summed E-state index contributed by atoms with van der Waals surface area (Å²) in [6.07, 6.45) is 7.04. The average Bonchev–Trinajstić information content (AvgIpc) is 3.19. The summed E-state index contributed by atoms with van der Waals surface area (Å²) in [6.45, 7) is 7.39. The van der Waals surface area contributed by atoms with Crippen molar-refractivity contribution in [2.75, 3.05) is 19.6 Å². The van der Waals surface area contributed by atoms with E-state index in [0.717, 1.165) is 61.9 Å². The zero-order valence-electron chi connectivity index (χ0n) is 16.6. The van der Waals surface area contributed by atoms with Crippen molar-refractivity contribution in [3.63, 3.8) is 0 Å². The Bertz CT molecular complexity index is 700. The van der Waals surface area contributed by atoms with Crippen LogP contribution in [0.25, 0.3) is 0 Å². The number of hydrogen-bond donors (Lipinski definition) is 0. The molecule has 1 saturated carbocycles. The van der Waals surface area contributed by atoms with Crippen LogP contribution in [0.1, 0.15) is 62.6 Å². The van der Waals surface area contributed by atoms with Crippen LogP contribution in [-0.2, 0) is 16.1 Å². The van der Waals surface area contributed by atoms with Gasteiger partial charge in [0.25, 0.3) is 0 Å². The molecular weight excluding hydrogens is 358 g/mol. The first-order valence-electron chi connectivity index (χ1n) is 10.4. The molecule has 3 heterocycles. The van der Waals surface area contributed by atoms with Gasteiger partial charge < -0.3 is 9.80 Å². The van der Waals surface area contributed by atoms with Gasteiger partial charge in [-0.1, -0.05) is 6.92 Å². The van der Waals surface area contributed by atoms with Gasteiger partial charge in [-0.3, -0.25) is 9.59 Å². The van der Waals surface area contributed by atoms with Crippen LogP contribution >= 0.6 is 11.3 Å². The molecule has 0 N–H and O–H groups in total. The number of piperidine rings is 1. The fraction of sp³-hybridized carbons (Fsp3) is 0.762. The van der Waals surface area contributed by atoms with E-state index in [1.165, 1.54) is 12.8 Å². The maximum atomic E-state index is 12.9. The third kappa shape index (κ3) is 4.05. The van der Waals surface area contributed by atoms with Crippen LogP contribution in [0.3, 0.4) is 0 Å². The Labute approximate surface area is 166 Å². The van der Waals surface area contributed by atoms with Crippen LogP contribution in [0.4, 0.5) is 0 Å². The molecule has 2 saturated heterocycles. The SMILES string of the molecule is Cc1nc(CN2CC3(CCN(C(=O)C4CCC(C)CC4)CC3)CC2=O)cs1. The average molecular weight is 390 g/mol. The lowest BCUT2D eigenvalue weighted by atomic mass is 9.76. The number of aromatic nitrogens is 1. The summed E-state index contributed by atoms with van der Waals surface area (Å²) >= 11 is 1.64. The summed E-state index contributed by atoms with van der Waals surface area (Å²) in [5.74, 6) is 1.64. The quantitative estimate of drug-likeness (QED) is 0.793. The lowest BCUT2D eigenvalue weighted by molar-refractivity contribution is -0.139. The second kappa shape index (κ2) is 7.53. The Balaban J connectivity index is 1.32. The Kier molecular flexibility index (Phi) is 5.28. The molecule has 0 atom stereocenters. The smallest absolute Gasteiger partial charge is 0.225 e. The molecule has 6 heteroatoms. The van der Waals surface area contributed by atoms with E-state index in [2.05, 4.69) is 22.2 Å². The molecule has 148 valence electrons. The highest BCUT2D eigenvalue weighted by atomic mass is 32.1. The number of amides is 2. The zero-order chi connectivity index (χ0) is 19.0. The topological polar surface area (TPSA) is 53.5 Å². The molecule has 1 aromatic rings. The van der Waals surface area contributed by atoms with Gasteiger partial charge in [-0.05, 0) is 51.4 Å². The standard InChI is InChI=1S/C21H31N3O2S/c1-15-3-5-17(6-4-15)20(26)23-9-7-21(8-10-23)11-19(25)24(14-21)12-18-13-27-16(2)22-18/h13,15,17H,3-12,14H2,1-2H3. The molecule has 1 spiro atoms. The van der Waals surface area contributed by atoms with Crippen LogP contribution < -0.4 is 0 Å². The molecule has 1 aromatic heterocycles. The highest BCUT2D eigenvalue weighted by Crippen LogP contribution is 2.42. The first-order chi connectivity index (χ1) is 12.9. The second-order valence-electron chi connectivity index (χ2n) is 9.07. The van der Waals surface area contributed by atoms with E-state index in [1.807, 2.05) is 11.8 Å². The number of likely N-dealkylation sites (tertiary alicyclic amines) is 2. The maximum Gasteiger partial charge on any atom is 0.225 e. The molecule has 0 aromatic carbocycles. The van der Waals surface area contributed by atoms with Gasteiger partial charge in [0, 0.05) is 42.8 Å². The fourth-order valence-corrected chi connectivity index (χ4v) is 5.71. The van der Waals surface area contributed by atoms with Gasteiger partial charge in [0.15, 0.2) is 0 Å². The largest absolute Gasteiger partial charge is 0.342 e. The third-order valence-electron chi connectivity index (χ3n) is 6.93. The monoisotopic (exact) mass is 389 g/mol. The molecule has 2 aliphatic heterocycles. The third-order valence-corrected chi connectivity index (χ3v) is 7.75. The molecule has 4 rings (SSSR count). The van der Waals surface area contributed by atoms with Crippen molar-refractivity contribution in [1.82, 2.24) is 14.8 Å². The second-order valence-corrected chi connectivity index (χ2v) is 10.1. The number of thiazole rings is 1. The molecule has 3 fully saturated rings. The Morgan fingerprint density at radius 2 is 1.96 bits per heavy atom. The molecule has 2 amide bonds. The minimum Gasteiger partial charge on any atom is -0.342 e. The Hall–Kier alpha value is -1.43. The van der Waals surface area contributed by atoms with Crippen LogP contribution in [0.5, 0.6) is 0 Å². The van der Waals surface area contributed by atoms with Crippen molar-refractivity contribution in [1.29, 1.82) is 0 Å². The molecule has 3 aliphatic rings. The van der Waals surface area contributed by atoms with Crippen LogP contribution in [0, 0.1) is 24.2 Å².